The van der Waals surface area contributed by atoms with Gasteiger partial charge in [-0.3, -0.25) is 4.79 Å². The Morgan fingerprint density at radius 1 is 1.12 bits per heavy atom. The summed E-state index contributed by atoms with van der Waals surface area (Å²) in [5, 5.41) is 2.90. The van der Waals surface area contributed by atoms with Crippen LogP contribution in [-0.2, 0) is 17.6 Å². The fourth-order valence-corrected chi connectivity index (χ4v) is 2.69. The van der Waals surface area contributed by atoms with Crippen molar-refractivity contribution in [3.05, 3.63) is 58.9 Å². The van der Waals surface area contributed by atoms with Crippen LogP contribution in [0.2, 0.25) is 0 Å². The molecule has 0 spiro atoms. The molecule has 4 nitrogen and oxygen atoms in total. The number of hydrogen-bond donors (Lipinski definition) is 1. The van der Waals surface area contributed by atoms with Gasteiger partial charge in [0.05, 0.1) is 6.42 Å². The molecule has 0 fully saturated rings. The van der Waals surface area contributed by atoms with E-state index in [1.165, 1.54) is 12.1 Å². The van der Waals surface area contributed by atoms with Crippen molar-refractivity contribution in [2.75, 3.05) is 19.8 Å². The van der Waals surface area contributed by atoms with Crippen LogP contribution in [-0.4, -0.2) is 25.7 Å². The minimum Gasteiger partial charge on any atom is -0.486 e. The van der Waals surface area contributed by atoms with Gasteiger partial charge in [-0.05, 0) is 54.3 Å². The summed E-state index contributed by atoms with van der Waals surface area (Å²) in [6.45, 7) is 3.70. The number of benzene rings is 2. The number of rotatable bonds is 5. The predicted molar refractivity (Wildman–Crippen MR) is 89.0 cm³/mol. The lowest BCUT2D eigenvalue weighted by Gasteiger charge is -2.20. The second-order valence-corrected chi connectivity index (χ2v) is 5.83. The number of amides is 1. The largest absolute Gasteiger partial charge is 0.486 e. The van der Waals surface area contributed by atoms with E-state index >= 15 is 0 Å². The zero-order valence-electron chi connectivity index (χ0n) is 13.6. The standard InChI is InChI=1S/C19H20FNO3/c1-13-10-17-18(24-9-8-23-17)12-15(13)6-7-21-19(22)11-14-2-4-16(20)5-3-14/h2-5,10,12H,6-9,11H2,1H3,(H,21,22). The van der Waals surface area contributed by atoms with Crippen LogP contribution in [0.15, 0.2) is 36.4 Å². The number of carbonyl (C=O) groups is 1. The van der Waals surface area contributed by atoms with Gasteiger partial charge in [0, 0.05) is 6.54 Å². The first-order chi connectivity index (χ1) is 11.6. The van der Waals surface area contributed by atoms with E-state index in [-0.39, 0.29) is 18.1 Å². The first-order valence-corrected chi connectivity index (χ1v) is 8.02. The minimum atomic E-state index is -0.298. The van der Waals surface area contributed by atoms with Crippen molar-refractivity contribution in [1.82, 2.24) is 5.32 Å². The highest BCUT2D eigenvalue weighted by Gasteiger charge is 2.14. The quantitative estimate of drug-likeness (QED) is 0.917. The molecular weight excluding hydrogens is 309 g/mol. The van der Waals surface area contributed by atoms with Crippen LogP contribution in [0.5, 0.6) is 11.5 Å². The SMILES string of the molecule is Cc1cc2c(cc1CCNC(=O)Cc1ccc(F)cc1)OCCO2. The first-order valence-electron chi connectivity index (χ1n) is 8.02. The summed E-state index contributed by atoms with van der Waals surface area (Å²) in [7, 11) is 0. The molecule has 1 N–H and O–H groups in total. The van der Waals surface area contributed by atoms with Gasteiger partial charge >= 0.3 is 0 Å². The van der Waals surface area contributed by atoms with Gasteiger partial charge in [0.1, 0.15) is 19.0 Å². The van der Waals surface area contributed by atoms with E-state index in [1.54, 1.807) is 12.1 Å². The maximum Gasteiger partial charge on any atom is 0.224 e. The monoisotopic (exact) mass is 329 g/mol. The second kappa shape index (κ2) is 7.34. The number of hydrogen-bond acceptors (Lipinski definition) is 3. The highest BCUT2D eigenvalue weighted by Crippen LogP contribution is 2.33. The van der Waals surface area contributed by atoms with Crippen molar-refractivity contribution >= 4 is 5.91 Å². The topological polar surface area (TPSA) is 47.6 Å². The molecule has 0 atom stereocenters. The van der Waals surface area contributed by atoms with Gasteiger partial charge in [0.25, 0.3) is 0 Å². The molecule has 126 valence electrons. The number of ether oxygens (including phenoxy) is 2. The van der Waals surface area contributed by atoms with Gasteiger partial charge in [-0.15, -0.1) is 0 Å². The number of fused-ring (bicyclic) bond motifs is 1. The molecule has 0 saturated heterocycles. The van der Waals surface area contributed by atoms with E-state index in [9.17, 15) is 9.18 Å². The average Bonchev–Trinajstić information content (AvgIpc) is 2.57. The van der Waals surface area contributed by atoms with Crippen molar-refractivity contribution < 1.29 is 18.7 Å². The molecule has 2 aromatic rings. The lowest BCUT2D eigenvalue weighted by atomic mass is 10.0. The third kappa shape index (κ3) is 4.04. The smallest absolute Gasteiger partial charge is 0.224 e. The Labute approximate surface area is 140 Å². The summed E-state index contributed by atoms with van der Waals surface area (Å²) >= 11 is 0. The summed E-state index contributed by atoms with van der Waals surface area (Å²) in [5.74, 6) is 1.17. The van der Waals surface area contributed by atoms with E-state index in [1.807, 2.05) is 19.1 Å². The number of carbonyl (C=O) groups excluding carboxylic acids is 1. The second-order valence-electron chi connectivity index (χ2n) is 5.83. The third-order valence-corrected chi connectivity index (χ3v) is 4.00. The van der Waals surface area contributed by atoms with Gasteiger partial charge in [-0.2, -0.15) is 0 Å². The molecule has 0 radical (unpaired) electrons. The van der Waals surface area contributed by atoms with E-state index < -0.39 is 0 Å². The lowest BCUT2D eigenvalue weighted by molar-refractivity contribution is -0.120. The molecule has 3 rings (SSSR count). The van der Waals surface area contributed by atoms with E-state index in [2.05, 4.69) is 5.32 Å². The van der Waals surface area contributed by atoms with Crippen molar-refractivity contribution in [2.24, 2.45) is 0 Å². The van der Waals surface area contributed by atoms with E-state index in [0.717, 1.165) is 34.6 Å². The highest BCUT2D eigenvalue weighted by molar-refractivity contribution is 5.78. The fourth-order valence-electron chi connectivity index (χ4n) is 2.69. The van der Waals surface area contributed by atoms with Crippen molar-refractivity contribution in [3.63, 3.8) is 0 Å². The van der Waals surface area contributed by atoms with Gasteiger partial charge < -0.3 is 14.8 Å². The zero-order chi connectivity index (χ0) is 16.9. The minimum absolute atomic E-state index is 0.0724. The van der Waals surface area contributed by atoms with Crippen molar-refractivity contribution in [1.29, 1.82) is 0 Å². The van der Waals surface area contributed by atoms with E-state index in [4.69, 9.17) is 9.47 Å². The molecule has 2 aromatic carbocycles. The Bertz CT molecular complexity index is 728. The molecule has 0 aliphatic carbocycles. The van der Waals surface area contributed by atoms with Gasteiger partial charge in [0.15, 0.2) is 11.5 Å². The Morgan fingerprint density at radius 3 is 2.50 bits per heavy atom. The van der Waals surface area contributed by atoms with Crippen LogP contribution in [0, 0.1) is 12.7 Å². The molecule has 0 aromatic heterocycles. The molecule has 1 aliphatic heterocycles. The summed E-state index contributed by atoms with van der Waals surface area (Å²) in [4.78, 5) is 12.0. The van der Waals surface area contributed by atoms with Crippen LogP contribution < -0.4 is 14.8 Å². The van der Waals surface area contributed by atoms with Crippen LogP contribution in [0.1, 0.15) is 16.7 Å². The zero-order valence-corrected chi connectivity index (χ0v) is 13.6. The number of halogens is 1. The maximum absolute atomic E-state index is 12.9. The van der Waals surface area contributed by atoms with Gasteiger partial charge in [-0.1, -0.05) is 12.1 Å². The molecule has 24 heavy (non-hydrogen) atoms. The summed E-state index contributed by atoms with van der Waals surface area (Å²) in [5.41, 5.74) is 3.04. The predicted octanol–water partition coefficient (Wildman–Crippen LogP) is 2.81. The first kappa shape index (κ1) is 16.3. The van der Waals surface area contributed by atoms with Gasteiger partial charge in [-0.25, -0.2) is 4.39 Å². The Hall–Kier alpha value is -2.56. The fraction of sp³-hybridized carbons (Fsp3) is 0.316. The third-order valence-electron chi connectivity index (χ3n) is 4.00. The summed E-state index contributed by atoms with van der Waals surface area (Å²) in [6, 6.07) is 9.93. The van der Waals surface area contributed by atoms with Crippen molar-refractivity contribution in [3.8, 4) is 11.5 Å². The summed E-state index contributed by atoms with van der Waals surface area (Å²) < 4.78 is 24.0. The van der Waals surface area contributed by atoms with E-state index in [0.29, 0.717) is 19.8 Å². The number of nitrogens with one attached hydrogen (secondary N) is 1. The van der Waals surface area contributed by atoms with Crippen molar-refractivity contribution in [2.45, 2.75) is 19.8 Å². The van der Waals surface area contributed by atoms with Crippen LogP contribution in [0.25, 0.3) is 0 Å². The molecular formula is C19H20FNO3. The molecule has 1 amide bonds. The number of aryl methyl sites for hydroxylation is 1. The molecule has 0 unspecified atom stereocenters. The average molecular weight is 329 g/mol. The van der Waals surface area contributed by atoms with Crippen LogP contribution in [0.4, 0.5) is 4.39 Å². The van der Waals surface area contributed by atoms with Gasteiger partial charge in [0.2, 0.25) is 5.91 Å². The summed E-state index contributed by atoms with van der Waals surface area (Å²) in [6.07, 6.45) is 0.970. The molecule has 1 heterocycles. The maximum atomic E-state index is 12.9. The van der Waals surface area contributed by atoms with Crippen LogP contribution >= 0.6 is 0 Å². The normalized spacial score (nSPS) is 12.8. The highest BCUT2D eigenvalue weighted by atomic mass is 19.1. The lowest BCUT2D eigenvalue weighted by Crippen LogP contribution is -2.27. The Balaban J connectivity index is 1.52. The molecule has 1 aliphatic rings. The van der Waals surface area contributed by atoms with Crippen LogP contribution in [0.3, 0.4) is 0 Å². The molecule has 5 heteroatoms. The molecule has 0 saturated carbocycles. The Morgan fingerprint density at radius 2 is 1.79 bits per heavy atom. The Kier molecular flexibility index (Phi) is 4.99. The molecule has 0 bridgehead atoms.